The van der Waals surface area contributed by atoms with E-state index >= 15 is 0 Å². The smallest absolute Gasteiger partial charge is 0.163 e. The van der Waals surface area contributed by atoms with Gasteiger partial charge in [0.2, 0.25) is 0 Å². The number of hydrogen-bond acceptors (Lipinski definition) is 9. The molecule has 11 nitrogen and oxygen atoms in total. The van der Waals surface area contributed by atoms with Gasteiger partial charge in [-0.15, -0.1) is 0 Å². The van der Waals surface area contributed by atoms with Gasteiger partial charge in [0.1, 0.15) is 23.3 Å². The second kappa shape index (κ2) is 17.7. The van der Waals surface area contributed by atoms with E-state index in [2.05, 4.69) is 165 Å². The van der Waals surface area contributed by atoms with Crippen molar-refractivity contribution >= 4 is 43.6 Å². The molecular weight excluding hydrogens is 911 g/mol. The lowest BCUT2D eigenvalue weighted by Crippen LogP contribution is -2.06. The van der Waals surface area contributed by atoms with Crippen LogP contribution in [-0.2, 0) is 0 Å². The first-order valence-corrected chi connectivity index (χ1v) is 24.4. The molecule has 0 saturated heterocycles. The lowest BCUT2D eigenvalue weighted by atomic mass is 9.91. The van der Waals surface area contributed by atoms with Crippen molar-refractivity contribution in [3.05, 3.63) is 217 Å². The Kier molecular flexibility index (Phi) is 10.5. The zero-order valence-electron chi connectivity index (χ0n) is 40.8. The Labute approximate surface area is 425 Å². The van der Waals surface area contributed by atoms with Crippen LogP contribution in [0.25, 0.3) is 123 Å². The maximum Gasteiger partial charge on any atom is 0.163 e. The molecule has 0 N–H and O–H groups in total. The summed E-state index contributed by atoms with van der Waals surface area (Å²) in [5.41, 5.74) is 13.5. The molecule has 0 unspecified atom stereocenters. The molecule has 350 valence electrons. The van der Waals surface area contributed by atoms with E-state index in [1.165, 1.54) is 0 Å². The molecule has 11 heteroatoms. The van der Waals surface area contributed by atoms with E-state index in [0.717, 1.165) is 105 Å². The van der Waals surface area contributed by atoms with Crippen LogP contribution in [0.2, 0.25) is 0 Å². The van der Waals surface area contributed by atoms with Crippen LogP contribution < -0.4 is 0 Å². The summed E-state index contributed by atoms with van der Waals surface area (Å²) in [5, 5.41) is 15.6. The maximum atomic E-state index is 11.5. The fourth-order valence-corrected chi connectivity index (χ4v) is 10.6. The highest BCUT2D eigenvalue weighted by Crippen LogP contribution is 2.46. The summed E-state index contributed by atoms with van der Waals surface area (Å²) < 4.78 is 4.59. The first kappa shape index (κ1) is 43.9. The third-order valence-corrected chi connectivity index (χ3v) is 13.6. The van der Waals surface area contributed by atoms with E-state index in [4.69, 9.17) is 29.9 Å². The van der Waals surface area contributed by atoms with Gasteiger partial charge in [-0.3, -0.25) is 0 Å². The average molecular weight is 954 g/mol. The van der Waals surface area contributed by atoms with Gasteiger partial charge < -0.3 is 9.13 Å². The highest BCUT2D eigenvalue weighted by atomic mass is 15.0. The summed E-state index contributed by atoms with van der Waals surface area (Å²) in [6.45, 7) is 7.56. The van der Waals surface area contributed by atoms with Gasteiger partial charge in [0, 0.05) is 60.5 Å². The van der Waals surface area contributed by atoms with Crippen LogP contribution in [0.4, 0.5) is 0 Å². The largest absolute Gasteiger partial charge is 0.309 e. The summed E-state index contributed by atoms with van der Waals surface area (Å²) >= 11 is 0. The number of fused-ring (bicyclic) bond motifs is 6. The Morgan fingerprint density at radius 2 is 0.770 bits per heavy atom. The molecule has 5 heterocycles. The van der Waals surface area contributed by atoms with Crippen molar-refractivity contribution < 1.29 is 0 Å². The Morgan fingerprint density at radius 3 is 1.26 bits per heavy atom. The second-order valence-corrected chi connectivity index (χ2v) is 18.4. The molecule has 13 aromatic rings. The van der Waals surface area contributed by atoms with E-state index in [9.17, 15) is 5.26 Å². The van der Waals surface area contributed by atoms with Crippen molar-refractivity contribution in [2.75, 3.05) is 0 Å². The molecule has 5 aromatic heterocycles. The predicted molar refractivity (Wildman–Crippen MR) is 294 cm³/mol. The van der Waals surface area contributed by atoms with Crippen molar-refractivity contribution in [2.24, 2.45) is 0 Å². The van der Waals surface area contributed by atoms with Gasteiger partial charge in [-0.1, -0.05) is 115 Å². The normalized spacial score (nSPS) is 11.5. The van der Waals surface area contributed by atoms with Crippen LogP contribution in [0, 0.1) is 39.0 Å². The van der Waals surface area contributed by atoms with Crippen molar-refractivity contribution in [2.45, 2.75) is 27.7 Å². The highest BCUT2D eigenvalue weighted by molar-refractivity contribution is 6.13. The summed E-state index contributed by atoms with van der Waals surface area (Å²) in [4.78, 5) is 38.8. The lowest BCUT2D eigenvalue weighted by molar-refractivity contribution is 0.928. The van der Waals surface area contributed by atoms with Gasteiger partial charge >= 0.3 is 0 Å². The molecule has 0 fully saturated rings. The van der Waals surface area contributed by atoms with Crippen LogP contribution in [-0.4, -0.2) is 49.0 Å². The number of hydrogen-bond donors (Lipinski definition) is 0. The second-order valence-electron chi connectivity index (χ2n) is 18.4. The zero-order chi connectivity index (χ0) is 50.0. The average Bonchev–Trinajstić information content (AvgIpc) is 3.94. The van der Waals surface area contributed by atoms with Crippen molar-refractivity contribution in [1.29, 1.82) is 5.26 Å². The van der Waals surface area contributed by atoms with Gasteiger partial charge in [-0.25, -0.2) is 39.9 Å². The fourth-order valence-electron chi connectivity index (χ4n) is 10.6. The molecule has 0 aliphatic carbocycles. The summed E-state index contributed by atoms with van der Waals surface area (Å²) in [5.74, 6) is 4.39. The fraction of sp³-hybridized carbons (Fsp3) is 0.0635. The van der Waals surface area contributed by atoms with Crippen LogP contribution in [0.15, 0.2) is 188 Å². The first-order valence-electron chi connectivity index (χ1n) is 24.4. The topological polar surface area (TPSA) is 137 Å². The minimum atomic E-state index is 0.487. The van der Waals surface area contributed by atoms with E-state index in [1.807, 2.05) is 76.2 Å². The van der Waals surface area contributed by atoms with Gasteiger partial charge in [0.05, 0.1) is 56.5 Å². The maximum absolute atomic E-state index is 11.5. The van der Waals surface area contributed by atoms with E-state index in [0.29, 0.717) is 46.3 Å². The van der Waals surface area contributed by atoms with Crippen LogP contribution in [0.1, 0.15) is 28.9 Å². The SMILES string of the molecule is Cc1nc(C)nc(-c2ccc3c(c2)c2ccccc2n3-c2cccc(C#N)c2-c2c(-c3nc(-c4ccccc4)cc(-c4ccccc4)n3)cccc2-n2c3ccccc3c3cc(-c4nc(C)nc(C)n4)ccc32)n1. The summed E-state index contributed by atoms with van der Waals surface area (Å²) in [6, 6.07) is 67.1. The minimum Gasteiger partial charge on any atom is -0.309 e. The number of para-hydroxylation sites is 2. The quantitative estimate of drug-likeness (QED) is 0.146. The molecule has 0 aliphatic heterocycles. The van der Waals surface area contributed by atoms with Crippen molar-refractivity contribution in [3.63, 3.8) is 0 Å². The van der Waals surface area contributed by atoms with E-state index in [1.54, 1.807) is 0 Å². The van der Waals surface area contributed by atoms with Crippen LogP contribution >= 0.6 is 0 Å². The lowest BCUT2D eigenvalue weighted by Gasteiger charge is -2.22. The van der Waals surface area contributed by atoms with Gasteiger partial charge in [-0.05, 0) is 100 Å². The number of nitriles is 1. The van der Waals surface area contributed by atoms with Gasteiger partial charge in [0.25, 0.3) is 0 Å². The standard InChI is InChI=1S/C63H43N11/c1-37-65-38(2)68-61(67-37)43-29-31-55-49(33-43)46-22-11-13-25-53(46)73(55)57-27-15-21-45(36-64)59(57)60-48(63-71-51(41-17-7-5-8-18-41)35-52(72-63)42-19-9-6-10-20-42)24-16-28-58(60)74-54-26-14-12-23-47(54)50-34-44(30-32-56(50)74)62-69-39(3)66-40(4)70-62/h5-35H,1-4H3. The van der Waals surface area contributed by atoms with E-state index in [-0.39, 0.29) is 0 Å². The molecular formula is C63H43N11. The number of benzene rings is 8. The van der Waals surface area contributed by atoms with Crippen LogP contribution in [0.5, 0.6) is 0 Å². The Morgan fingerprint density at radius 1 is 0.338 bits per heavy atom. The molecule has 0 atom stereocenters. The Bertz CT molecular complexity index is 4340. The summed E-state index contributed by atoms with van der Waals surface area (Å²) in [7, 11) is 0. The molecule has 0 spiro atoms. The molecule has 0 bridgehead atoms. The van der Waals surface area contributed by atoms with Crippen molar-refractivity contribution in [3.8, 4) is 85.2 Å². The Balaban J connectivity index is 1.15. The summed E-state index contributed by atoms with van der Waals surface area (Å²) in [6.07, 6.45) is 0. The van der Waals surface area contributed by atoms with E-state index < -0.39 is 0 Å². The molecule has 13 rings (SSSR count). The first-order chi connectivity index (χ1) is 36.3. The molecule has 0 aliphatic rings. The molecule has 74 heavy (non-hydrogen) atoms. The molecule has 0 radical (unpaired) electrons. The number of aryl methyl sites for hydroxylation is 4. The molecule has 8 aromatic carbocycles. The highest BCUT2D eigenvalue weighted by Gasteiger charge is 2.27. The molecule has 0 amide bonds. The van der Waals surface area contributed by atoms with Crippen molar-refractivity contribution in [1.82, 2.24) is 49.0 Å². The number of rotatable bonds is 8. The number of nitrogens with zero attached hydrogens (tertiary/aromatic N) is 11. The Hall–Kier alpha value is -10.1. The third kappa shape index (κ3) is 7.43. The third-order valence-electron chi connectivity index (χ3n) is 13.6. The zero-order valence-corrected chi connectivity index (χ0v) is 40.8. The van der Waals surface area contributed by atoms with Gasteiger partial charge in [-0.2, -0.15) is 5.26 Å². The predicted octanol–water partition coefficient (Wildman–Crippen LogP) is 14.1. The number of aromatic nitrogens is 10. The van der Waals surface area contributed by atoms with Gasteiger partial charge in [0.15, 0.2) is 17.5 Å². The monoisotopic (exact) mass is 953 g/mol. The minimum absolute atomic E-state index is 0.487. The molecule has 0 saturated carbocycles. The van der Waals surface area contributed by atoms with Crippen LogP contribution in [0.3, 0.4) is 0 Å².